The van der Waals surface area contributed by atoms with Crippen molar-refractivity contribution in [3.8, 4) is 0 Å². The molecular weight excluding hydrogens is 633 g/mol. The lowest BCUT2D eigenvalue weighted by atomic mass is 9.93. The summed E-state index contributed by atoms with van der Waals surface area (Å²) in [4.78, 5) is 17.1. The lowest BCUT2D eigenvalue weighted by Crippen LogP contribution is -2.00. The number of aromatic nitrogens is 4. The van der Waals surface area contributed by atoms with Gasteiger partial charge in [-0.25, -0.2) is 0 Å². The van der Waals surface area contributed by atoms with Crippen LogP contribution in [-0.4, -0.2) is 19.9 Å². The van der Waals surface area contributed by atoms with Crippen molar-refractivity contribution in [2.75, 3.05) is 0 Å². The number of hydrogen-bond donors (Lipinski definition) is 0. The molecule has 4 nitrogen and oxygen atoms in total. The van der Waals surface area contributed by atoms with Crippen molar-refractivity contribution in [1.29, 1.82) is 0 Å². The van der Waals surface area contributed by atoms with Crippen molar-refractivity contribution in [1.82, 2.24) is 19.9 Å². The van der Waals surface area contributed by atoms with Crippen LogP contribution in [-0.2, 0) is 0 Å². The first-order valence-corrected chi connectivity index (χ1v) is 18.3. The Balaban J connectivity index is -0.000000288. The van der Waals surface area contributed by atoms with Crippen molar-refractivity contribution in [2.45, 2.75) is 188 Å². The molecule has 0 N–H and O–H groups in total. The highest BCUT2D eigenvalue weighted by Crippen LogP contribution is 2.26. The van der Waals surface area contributed by atoms with E-state index in [0.29, 0.717) is 47.3 Å². The zero-order valence-corrected chi connectivity index (χ0v) is 33.3. The van der Waals surface area contributed by atoms with Crippen molar-refractivity contribution < 1.29 is 0 Å². The average Bonchev–Trinajstić information content (AvgIpc) is 3.05. The van der Waals surface area contributed by atoms with Gasteiger partial charge in [0.1, 0.15) is 0 Å². The van der Waals surface area contributed by atoms with E-state index in [9.17, 15) is 0 Å². The van der Waals surface area contributed by atoms with E-state index in [4.69, 9.17) is 0 Å². The fraction of sp³-hybridized carbons (Fsp3) is 0.583. The molecule has 4 aromatic rings. The fourth-order valence-corrected chi connectivity index (χ4v) is 5.65. The first kappa shape index (κ1) is 55.4. The molecule has 0 spiro atoms. The highest BCUT2D eigenvalue weighted by atomic mass is 14.7. The highest BCUT2D eigenvalue weighted by Gasteiger charge is 2.11. The molecule has 4 aromatic heterocycles. The highest BCUT2D eigenvalue weighted by molar-refractivity contribution is 5.30. The van der Waals surface area contributed by atoms with Gasteiger partial charge in [-0.05, 0) is 105 Å². The number of hydrogen-bond acceptors (Lipinski definition) is 4. The molecule has 0 aliphatic carbocycles. The van der Waals surface area contributed by atoms with Crippen molar-refractivity contribution >= 4 is 0 Å². The molecule has 0 amide bonds. The molecule has 0 radical (unpaired) electrons. The maximum atomic E-state index is 4.40. The van der Waals surface area contributed by atoms with Crippen LogP contribution < -0.4 is 0 Å². The Morgan fingerprint density at radius 3 is 0.769 bits per heavy atom. The van der Waals surface area contributed by atoms with E-state index in [-0.39, 0.29) is 29.7 Å². The Morgan fingerprint density at radius 2 is 0.577 bits per heavy atom. The zero-order chi connectivity index (χ0) is 36.6. The smallest absolute Gasteiger partial charge is 0.0463 e. The number of pyridine rings is 4. The maximum Gasteiger partial charge on any atom is 0.0463 e. The van der Waals surface area contributed by atoms with E-state index in [0.717, 1.165) is 0 Å². The summed E-state index contributed by atoms with van der Waals surface area (Å²) < 4.78 is 0. The second-order valence-electron chi connectivity index (χ2n) is 15.2. The van der Waals surface area contributed by atoms with Crippen LogP contribution in [0.25, 0.3) is 0 Å². The molecule has 4 rings (SSSR count). The Hall–Kier alpha value is -3.40. The second kappa shape index (κ2) is 28.1. The second-order valence-corrected chi connectivity index (χ2v) is 15.2. The Bertz CT molecular complexity index is 1120. The quantitative estimate of drug-likeness (QED) is 0.182. The molecule has 0 aliphatic heterocycles. The van der Waals surface area contributed by atoms with Gasteiger partial charge in [0.25, 0.3) is 0 Å². The molecule has 0 fully saturated rings. The van der Waals surface area contributed by atoms with Crippen LogP contribution in [0.4, 0.5) is 0 Å². The average molecular weight is 717 g/mol. The standard InChI is InChI=1S/4C11H17N.4CH4/c2*1-8(2)10-5-6-12-7-11(10)9(3)4;2*1-8(2)10-6-5-7-12-11(10)9(3)4;;;;/h4*5-9H,1-4H3;4*1H4. The minimum atomic E-state index is 0. The molecular formula is C48H84N4. The van der Waals surface area contributed by atoms with E-state index in [1.54, 1.807) is 0 Å². The molecule has 0 aromatic carbocycles. The van der Waals surface area contributed by atoms with E-state index in [1.165, 1.54) is 44.8 Å². The molecule has 4 heteroatoms. The number of rotatable bonds is 8. The first-order valence-electron chi connectivity index (χ1n) is 18.3. The van der Waals surface area contributed by atoms with Gasteiger partial charge in [-0.2, -0.15) is 0 Å². The van der Waals surface area contributed by atoms with Crippen LogP contribution >= 0.6 is 0 Å². The first-order chi connectivity index (χ1) is 22.5. The summed E-state index contributed by atoms with van der Waals surface area (Å²) in [6.07, 6.45) is 11.5. The SMILES string of the molecule is C.C.C.C.CC(C)c1cccnc1C(C)C.CC(C)c1cccnc1C(C)C.CC(C)c1ccncc1C(C)C.CC(C)c1ccncc1C(C)C. The Kier molecular flexibility index (Phi) is 30.0. The van der Waals surface area contributed by atoms with Crippen LogP contribution in [0.1, 0.15) is 233 Å². The third-order valence-corrected chi connectivity index (χ3v) is 8.34. The van der Waals surface area contributed by atoms with Gasteiger partial charge in [-0.3, -0.25) is 19.9 Å². The molecule has 0 bridgehead atoms. The van der Waals surface area contributed by atoms with Gasteiger partial charge in [0.05, 0.1) is 0 Å². The van der Waals surface area contributed by atoms with Gasteiger partial charge in [0, 0.05) is 48.6 Å². The van der Waals surface area contributed by atoms with Gasteiger partial charge in [-0.1, -0.05) is 153 Å². The van der Waals surface area contributed by atoms with E-state index in [2.05, 4.69) is 155 Å². The lowest BCUT2D eigenvalue weighted by molar-refractivity contribution is 0.757. The molecule has 52 heavy (non-hydrogen) atoms. The monoisotopic (exact) mass is 717 g/mol. The predicted octanol–water partition coefficient (Wildman–Crippen LogP) is 15.9. The van der Waals surface area contributed by atoms with E-state index >= 15 is 0 Å². The summed E-state index contributed by atoms with van der Waals surface area (Å²) in [5, 5.41) is 0. The Labute approximate surface area is 325 Å². The maximum absolute atomic E-state index is 4.40. The van der Waals surface area contributed by atoms with Gasteiger partial charge in [-0.15, -0.1) is 0 Å². The largest absolute Gasteiger partial charge is 0.264 e. The predicted molar refractivity (Wildman–Crippen MR) is 237 cm³/mol. The summed E-state index contributed by atoms with van der Waals surface area (Å²) in [5.74, 6) is 4.59. The van der Waals surface area contributed by atoms with Crippen LogP contribution in [0.3, 0.4) is 0 Å². The van der Waals surface area contributed by atoms with Crippen molar-refractivity contribution in [3.63, 3.8) is 0 Å². The summed E-state index contributed by atoms with van der Waals surface area (Å²) >= 11 is 0. The van der Waals surface area contributed by atoms with Gasteiger partial charge in [0.15, 0.2) is 0 Å². The van der Waals surface area contributed by atoms with Gasteiger partial charge in [0.2, 0.25) is 0 Å². The fourth-order valence-electron chi connectivity index (χ4n) is 5.65. The van der Waals surface area contributed by atoms with Crippen LogP contribution in [0, 0.1) is 0 Å². The normalized spacial score (nSPS) is 10.3. The molecule has 296 valence electrons. The molecule has 0 atom stereocenters. The zero-order valence-electron chi connectivity index (χ0n) is 33.3. The van der Waals surface area contributed by atoms with E-state index in [1.807, 2.05) is 49.3 Å². The summed E-state index contributed by atoms with van der Waals surface area (Å²) in [7, 11) is 0. The summed E-state index contributed by atoms with van der Waals surface area (Å²) in [6, 6.07) is 12.6. The van der Waals surface area contributed by atoms with Crippen LogP contribution in [0.2, 0.25) is 0 Å². The van der Waals surface area contributed by atoms with E-state index < -0.39 is 0 Å². The summed E-state index contributed by atoms with van der Waals surface area (Å²) in [5.41, 5.74) is 10.9. The van der Waals surface area contributed by atoms with Crippen molar-refractivity contribution in [2.24, 2.45) is 0 Å². The van der Waals surface area contributed by atoms with Gasteiger partial charge >= 0.3 is 0 Å². The molecule has 0 aliphatic rings. The van der Waals surface area contributed by atoms with Crippen LogP contribution in [0.5, 0.6) is 0 Å². The van der Waals surface area contributed by atoms with Crippen molar-refractivity contribution in [3.05, 3.63) is 118 Å². The molecule has 0 unspecified atom stereocenters. The molecule has 4 heterocycles. The molecule has 0 saturated heterocycles. The third kappa shape index (κ3) is 18.4. The molecule has 0 saturated carbocycles. The Morgan fingerprint density at radius 1 is 0.308 bits per heavy atom. The summed E-state index contributed by atoms with van der Waals surface area (Å²) in [6.45, 7) is 35.3. The minimum absolute atomic E-state index is 0. The lowest BCUT2D eigenvalue weighted by Gasteiger charge is -2.14. The topological polar surface area (TPSA) is 51.6 Å². The third-order valence-electron chi connectivity index (χ3n) is 8.34. The van der Waals surface area contributed by atoms with Gasteiger partial charge < -0.3 is 0 Å². The minimum Gasteiger partial charge on any atom is -0.264 e. The van der Waals surface area contributed by atoms with Crippen LogP contribution in [0.15, 0.2) is 73.6 Å². The number of nitrogens with zero attached hydrogens (tertiary/aromatic N) is 4.